The smallest absolute Gasteiger partial charge is 0.396 e. The summed E-state index contributed by atoms with van der Waals surface area (Å²) in [5.41, 5.74) is 0.391. The molecular formula is C15H12ClF3O. The second kappa shape index (κ2) is 5.85. The van der Waals surface area contributed by atoms with Crippen LogP contribution in [0.2, 0.25) is 5.02 Å². The van der Waals surface area contributed by atoms with E-state index in [1.165, 1.54) is 12.1 Å². The number of alkyl halides is 3. The van der Waals surface area contributed by atoms with Crippen LogP contribution in [0.25, 0.3) is 11.1 Å². The molecule has 0 saturated carbocycles. The third kappa shape index (κ3) is 3.14. The molecule has 0 atom stereocenters. The zero-order chi connectivity index (χ0) is 14.8. The van der Waals surface area contributed by atoms with Gasteiger partial charge in [0.1, 0.15) is 0 Å². The summed E-state index contributed by atoms with van der Waals surface area (Å²) in [6, 6.07) is 10.1. The number of hydrogen-bond donors (Lipinski definition) is 1. The number of benzene rings is 2. The lowest BCUT2D eigenvalue weighted by atomic mass is 9.97. The zero-order valence-electron chi connectivity index (χ0n) is 10.4. The van der Waals surface area contributed by atoms with Gasteiger partial charge in [-0.25, -0.2) is 0 Å². The van der Waals surface area contributed by atoms with Crippen molar-refractivity contribution in [3.8, 4) is 11.1 Å². The van der Waals surface area contributed by atoms with E-state index >= 15 is 0 Å². The van der Waals surface area contributed by atoms with Gasteiger partial charge in [-0.05, 0) is 35.7 Å². The van der Waals surface area contributed by atoms with Crippen molar-refractivity contribution in [2.24, 2.45) is 0 Å². The summed E-state index contributed by atoms with van der Waals surface area (Å²) < 4.78 is 39.1. The molecule has 2 aromatic carbocycles. The molecule has 0 spiro atoms. The van der Waals surface area contributed by atoms with Gasteiger partial charge in [0.05, 0.1) is 5.56 Å². The van der Waals surface area contributed by atoms with E-state index in [9.17, 15) is 13.2 Å². The van der Waals surface area contributed by atoms with Crippen LogP contribution in [0.15, 0.2) is 42.5 Å². The Labute approximate surface area is 119 Å². The van der Waals surface area contributed by atoms with Gasteiger partial charge >= 0.3 is 6.18 Å². The van der Waals surface area contributed by atoms with Crippen LogP contribution in [0.4, 0.5) is 13.2 Å². The number of halogens is 4. The molecule has 2 rings (SSSR count). The van der Waals surface area contributed by atoms with E-state index in [1.54, 1.807) is 24.3 Å². The molecule has 5 heteroatoms. The highest BCUT2D eigenvalue weighted by Gasteiger charge is 2.33. The van der Waals surface area contributed by atoms with Crippen LogP contribution >= 0.6 is 11.6 Å². The fraction of sp³-hybridized carbons (Fsp3) is 0.200. The molecule has 0 aliphatic rings. The van der Waals surface area contributed by atoms with Gasteiger partial charge in [-0.2, -0.15) is 13.2 Å². The Balaban J connectivity index is 2.59. The normalized spacial score (nSPS) is 11.7. The lowest BCUT2D eigenvalue weighted by molar-refractivity contribution is -0.137. The molecule has 0 aliphatic heterocycles. The van der Waals surface area contributed by atoms with Gasteiger partial charge in [-0.1, -0.05) is 35.9 Å². The third-order valence-electron chi connectivity index (χ3n) is 2.95. The predicted molar refractivity (Wildman–Crippen MR) is 72.7 cm³/mol. The molecule has 1 N–H and O–H groups in total. The Morgan fingerprint density at radius 3 is 2.35 bits per heavy atom. The lowest BCUT2D eigenvalue weighted by Gasteiger charge is -2.14. The molecule has 106 valence electrons. The lowest BCUT2D eigenvalue weighted by Crippen LogP contribution is -2.07. The second-order valence-electron chi connectivity index (χ2n) is 4.33. The van der Waals surface area contributed by atoms with Crippen molar-refractivity contribution in [1.82, 2.24) is 0 Å². The Kier molecular flexibility index (Phi) is 4.35. The van der Waals surface area contributed by atoms with E-state index in [4.69, 9.17) is 16.7 Å². The summed E-state index contributed by atoms with van der Waals surface area (Å²) in [7, 11) is 0. The third-order valence-corrected chi connectivity index (χ3v) is 3.28. The minimum absolute atomic E-state index is 0.0461. The Morgan fingerprint density at radius 1 is 1.00 bits per heavy atom. The SMILES string of the molecule is OCCc1ccc(Cl)c(-c2ccccc2C(F)(F)F)c1. The topological polar surface area (TPSA) is 20.2 Å². The van der Waals surface area contributed by atoms with Crippen LogP contribution in [0.5, 0.6) is 0 Å². The van der Waals surface area contributed by atoms with Gasteiger partial charge in [-0.15, -0.1) is 0 Å². The van der Waals surface area contributed by atoms with Gasteiger partial charge in [0.2, 0.25) is 0 Å². The molecule has 0 amide bonds. The molecule has 0 radical (unpaired) electrons. The maximum absolute atomic E-state index is 13.0. The van der Waals surface area contributed by atoms with Crippen molar-refractivity contribution in [2.45, 2.75) is 12.6 Å². The molecule has 1 nitrogen and oxygen atoms in total. The van der Waals surface area contributed by atoms with Gasteiger partial charge in [0, 0.05) is 17.2 Å². The van der Waals surface area contributed by atoms with Crippen LogP contribution < -0.4 is 0 Å². The van der Waals surface area contributed by atoms with Crippen LogP contribution in [0, 0.1) is 0 Å². The zero-order valence-corrected chi connectivity index (χ0v) is 11.2. The molecule has 0 saturated heterocycles. The summed E-state index contributed by atoms with van der Waals surface area (Å²) in [5.74, 6) is 0. The molecule has 0 bridgehead atoms. The standard InChI is InChI=1S/C15H12ClF3O/c16-14-6-5-10(7-8-20)9-12(14)11-3-1-2-4-13(11)15(17,18)19/h1-6,9,20H,7-8H2. The second-order valence-corrected chi connectivity index (χ2v) is 4.74. The molecule has 20 heavy (non-hydrogen) atoms. The monoisotopic (exact) mass is 300 g/mol. The predicted octanol–water partition coefficient (Wildman–Crippen LogP) is 4.56. The van der Waals surface area contributed by atoms with E-state index in [0.717, 1.165) is 11.6 Å². The van der Waals surface area contributed by atoms with E-state index in [0.29, 0.717) is 12.0 Å². The van der Waals surface area contributed by atoms with Gasteiger partial charge in [0.15, 0.2) is 0 Å². The maximum atomic E-state index is 13.0. The van der Waals surface area contributed by atoms with Crippen molar-refractivity contribution in [3.05, 3.63) is 58.6 Å². The molecule has 0 fully saturated rings. The summed E-state index contributed by atoms with van der Waals surface area (Å²) in [6.45, 7) is -0.0675. The van der Waals surface area contributed by atoms with Crippen molar-refractivity contribution in [3.63, 3.8) is 0 Å². The van der Waals surface area contributed by atoms with Crippen LogP contribution in [-0.4, -0.2) is 11.7 Å². The quantitative estimate of drug-likeness (QED) is 0.881. The van der Waals surface area contributed by atoms with E-state index in [1.807, 2.05) is 0 Å². The van der Waals surface area contributed by atoms with E-state index in [2.05, 4.69) is 0 Å². The first-order valence-corrected chi connectivity index (χ1v) is 6.37. The van der Waals surface area contributed by atoms with Gasteiger partial charge < -0.3 is 5.11 Å². The Bertz CT molecular complexity index is 608. The summed E-state index contributed by atoms with van der Waals surface area (Å²) in [6.07, 6.45) is -4.06. The first-order valence-electron chi connectivity index (χ1n) is 5.99. The summed E-state index contributed by atoms with van der Waals surface area (Å²) in [5, 5.41) is 9.17. The molecular weight excluding hydrogens is 289 g/mol. The van der Waals surface area contributed by atoms with Crippen molar-refractivity contribution >= 4 is 11.6 Å². The number of aliphatic hydroxyl groups is 1. The molecule has 2 aromatic rings. The molecule has 0 aromatic heterocycles. The molecule has 0 heterocycles. The molecule has 0 unspecified atom stereocenters. The summed E-state index contributed by atoms with van der Waals surface area (Å²) in [4.78, 5) is 0. The van der Waals surface area contributed by atoms with Crippen molar-refractivity contribution in [1.29, 1.82) is 0 Å². The van der Waals surface area contributed by atoms with Crippen LogP contribution in [0.1, 0.15) is 11.1 Å². The maximum Gasteiger partial charge on any atom is 0.417 e. The highest BCUT2D eigenvalue weighted by Crippen LogP contribution is 2.39. The number of aliphatic hydroxyl groups excluding tert-OH is 1. The highest BCUT2D eigenvalue weighted by atomic mass is 35.5. The fourth-order valence-electron chi connectivity index (χ4n) is 2.03. The largest absolute Gasteiger partial charge is 0.417 e. The molecule has 0 aliphatic carbocycles. The number of hydrogen-bond acceptors (Lipinski definition) is 1. The van der Waals surface area contributed by atoms with Crippen molar-refractivity contribution in [2.75, 3.05) is 6.61 Å². The minimum Gasteiger partial charge on any atom is -0.396 e. The average molecular weight is 301 g/mol. The first-order chi connectivity index (χ1) is 9.43. The van der Waals surface area contributed by atoms with E-state index in [-0.39, 0.29) is 17.2 Å². The van der Waals surface area contributed by atoms with Crippen LogP contribution in [-0.2, 0) is 12.6 Å². The average Bonchev–Trinajstić information content (AvgIpc) is 2.40. The highest BCUT2D eigenvalue weighted by molar-refractivity contribution is 6.33. The Morgan fingerprint density at radius 2 is 1.70 bits per heavy atom. The number of rotatable bonds is 3. The minimum atomic E-state index is -4.44. The summed E-state index contributed by atoms with van der Waals surface area (Å²) >= 11 is 6.02. The van der Waals surface area contributed by atoms with Crippen LogP contribution in [0.3, 0.4) is 0 Å². The first kappa shape index (κ1) is 14.9. The fourth-order valence-corrected chi connectivity index (χ4v) is 2.25. The van der Waals surface area contributed by atoms with Gasteiger partial charge in [-0.3, -0.25) is 0 Å². The Hall–Kier alpha value is -1.52. The van der Waals surface area contributed by atoms with Gasteiger partial charge in [0.25, 0.3) is 0 Å². The van der Waals surface area contributed by atoms with Crippen molar-refractivity contribution < 1.29 is 18.3 Å². The van der Waals surface area contributed by atoms with E-state index < -0.39 is 11.7 Å².